The Balaban J connectivity index is 2.74. The van der Waals surface area contributed by atoms with Gasteiger partial charge in [0.05, 0.1) is 0 Å². The van der Waals surface area contributed by atoms with E-state index in [1.807, 2.05) is 18.4 Å². The molecule has 0 aliphatic heterocycles. The highest BCUT2D eigenvalue weighted by atomic mass is 32.1. The van der Waals surface area contributed by atoms with Crippen LogP contribution in [-0.4, -0.2) is 7.05 Å². The van der Waals surface area contributed by atoms with Crippen molar-refractivity contribution in [2.45, 2.75) is 19.9 Å². The maximum absolute atomic E-state index is 3.20. The van der Waals surface area contributed by atoms with Gasteiger partial charge in [0.1, 0.15) is 0 Å². The molecule has 1 aromatic heterocycles. The fraction of sp³-hybridized carbons (Fsp3) is 0.500. The molecule has 1 aromatic rings. The monoisotopic (exact) mass is 155 g/mol. The summed E-state index contributed by atoms with van der Waals surface area (Å²) in [5.74, 6) is 0. The average Bonchev–Trinajstić information content (AvgIpc) is 2.34. The van der Waals surface area contributed by atoms with Gasteiger partial charge < -0.3 is 5.32 Å². The predicted molar refractivity (Wildman–Crippen MR) is 46.5 cm³/mol. The highest BCUT2D eigenvalue weighted by Gasteiger charge is 2.02. The molecule has 10 heavy (non-hydrogen) atoms. The van der Waals surface area contributed by atoms with E-state index in [1.54, 1.807) is 0 Å². The van der Waals surface area contributed by atoms with Crippen LogP contribution in [0.2, 0.25) is 0 Å². The fourth-order valence-corrected chi connectivity index (χ4v) is 1.77. The van der Waals surface area contributed by atoms with Crippen LogP contribution in [0, 0.1) is 6.92 Å². The van der Waals surface area contributed by atoms with Gasteiger partial charge in [0.25, 0.3) is 0 Å². The fourth-order valence-electron chi connectivity index (χ4n) is 0.828. The molecule has 2 heteroatoms. The van der Waals surface area contributed by atoms with Crippen molar-refractivity contribution < 1.29 is 0 Å². The van der Waals surface area contributed by atoms with Gasteiger partial charge in [-0.25, -0.2) is 0 Å². The lowest BCUT2D eigenvalue weighted by Gasteiger charge is -2.05. The van der Waals surface area contributed by atoms with E-state index in [1.165, 1.54) is 9.75 Å². The number of aryl methyl sites for hydroxylation is 1. The zero-order chi connectivity index (χ0) is 7.56. The van der Waals surface area contributed by atoms with Gasteiger partial charge in [-0.1, -0.05) is 0 Å². The summed E-state index contributed by atoms with van der Waals surface area (Å²) in [6.45, 7) is 4.31. The first-order chi connectivity index (χ1) is 4.74. The molecule has 1 atom stereocenters. The minimum atomic E-state index is 0.499. The first kappa shape index (κ1) is 7.76. The Labute approximate surface area is 66.1 Å². The van der Waals surface area contributed by atoms with Crippen molar-refractivity contribution >= 4 is 11.3 Å². The van der Waals surface area contributed by atoms with Crippen LogP contribution >= 0.6 is 11.3 Å². The van der Waals surface area contributed by atoms with Gasteiger partial charge in [-0.2, -0.15) is 0 Å². The van der Waals surface area contributed by atoms with Gasteiger partial charge in [-0.3, -0.25) is 0 Å². The Kier molecular flexibility index (Phi) is 2.46. The van der Waals surface area contributed by atoms with Crippen LogP contribution in [0.5, 0.6) is 0 Å². The summed E-state index contributed by atoms with van der Waals surface area (Å²) in [6.07, 6.45) is 0. The van der Waals surface area contributed by atoms with Crippen molar-refractivity contribution in [2.75, 3.05) is 7.05 Å². The van der Waals surface area contributed by atoms with Crippen molar-refractivity contribution in [3.05, 3.63) is 21.9 Å². The first-order valence-electron chi connectivity index (χ1n) is 3.47. The molecule has 0 bridgehead atoms. The standard InChI is InChI=1S/C8H13NS/c1-6-4-5-8(10-6)7(2)9-3/h4-5,7,9H,1-3H3/t7-/m1/s1. The van der Waals surface area contributed by atoms with E-state index in [-0.39, 0.29) is 0 Å². The lowest BCUT2D eigenvalue weighted by molar-refractivity contribution is 0.664. The summed E-state index contributed by atoms with van der Waals surface area (Å²) < 4.78 is 0. The molecule has 0 radical (unpaired) electrons. The number of nitrogens with one attached hydrogen (secondary N) is 1. The van der Waals surface area contributed by atoms with E-state index in [0.717, 1.165) is 0 Å². The van der Waals surface area contributed by atoms with E-state index in [9.17, 15) is 0 Å². The molecule has 0 fully saturated rings. The van der Waals surface area contributed by atoms with Crippen LogP contribution in [0.3, 0.4) is 0 Å². The second kappa shape index (κ2) is 3.17. The lowest BCUT2D eigenvalue weighted by Crippen LogP contribution is -2.10. The normalized spacial score (nSPS) is 13.5. The third kappa shape index (κ3) is 1.58. The van der Waals surface area contributed by atoms with E-state index < -0.39 is 0 Å². The molecule has 56 valence electrons. The summed E-state index contributed by atoms with van der Waals surface area (Å²) in [5.41, 5.74) is 0. The minimum Gasteiger partial charge on any atom is -0.313 e. The maximum atomic E-state index is 3.20. The van der Waals surface area contributed by atoms with Crippen molar-refractivity contribution in [1.82, 2.24) is 5.32 Å². The molecule has 0 saturated heterocycles. The maximum Gasteiger partial charge on any atom is 0.0383 e. The molecule has 1 N–H and O–H groups in total. The molecule has 0 saturated carbocycles. The van der Waals surface area contributed by atoms with Gasteiger partial charge in [0.2, 0.25) is 0 Å². The second-order valence-electron chi connectivity index (χ2n) is 2.46. The van der Waals surface area contributed by atoms with Crippen LogP contribution in [0.1, 0.15) is 22.7 Å². The summed E-state index contributed by atoms with van der Waals surface area (Å²) in [7, 11) is 1.99. The zero-order valence-corrected chi connectivity index (χ0v) is 7.46. The van der Waals surface area contributed by atoms with Crippen LogP contribution in [-0.2, 0) is 0 Å². The molecule has 1 nitrogen and oxygen atoms in total. The Morgan fingerprint density at radius 1 is 1.50 bits per heavy atom. The van der Waals surface area contributed by atoms with Gasteiger partial charge in [0.15, 0.2) is 0 Å². The first-order valence-corrected chi connectivity index (χ1v) is 4.29. The van der Waals surface area contributed by atoms with Crippen molar-refractivity contribution in [3.8, 4) is 0 Å². The topological polar surface area (TPSA) is 12.0 Å². The number of rotatable bonds is 2. The molecule has 0 amide bonds. The largest absolute Gasteiger partial charge is 0.313 e. The molecule has 0 spiro atoms. The molecular formula is C8H13NS. The van der Waals surface area contributed by atoms with Gasteiger partial charge in [-0.05, 0) is 33.0 Å². The molecule has 1 heterocycles. The SMILES string of the molecule is CN[C@H](C)c1ccc(C)s1. The Hall–Kier alpha value is -0.340. The summed E-state index contributed by atoms with van der Waals surface area (Å²) in [6, 6.07) is 4.84. The highest BCUT2D eigenvalue weighted by Crippen LogP contribution is 2.21. The van der Waals surface area contributed by atoms with Crippen LogP contribution in [0.4, 0.5) is 0 Å². The van der Waals surface area contributed by atoms with Gasteiger partial charge in [0, 0.05) is 15.8 Å². The molecule has 0 aliphatic carbocycles. The Bertz CT molecular complexity index is 205. The molecule has 1 rings (SSSR count). The van der Waals surface area contributed by atoms with Crippen molar-refractivity contribution in [1.29, 1.82) is 0 Å². The Morgan fingerprint density at radius 3 is 2.60 bits per heavy atom. The van der Waals surface area contributed by atoms with Crippen LogP contribution in [0.15, 0.2) is 12.1 Å². The summed E-state index contributed by atoms with van der Waals surface area (Å²) in [5, 5.41) is 3.20. The van der Waals surface area contributed by atoms with Crippen molar-refractivity contribution in [3.63, 3.8) is 0 Å². The molecule has 0 unspecified atom stereocenters. The zero-order valence-electron chi connectivity index (χ0n) is 6.64. The third-order valence-electron chi connectivity index (χ3n) is 1.62. The number of hydrogen-bond acceptors (Lipinski definition) is 2. The Morgan fingerprint density at radius 2 is 2.20 bits per heavy atom. The van der Waals surface area contributed by atoms with E-state index in [0.29, 0.717) is 6.04 Å². The molecule has 0 aliphatic rings. The van der Waals surface area contributed by atoms with Crippen molar-refractivity contribution in [2.24, 2.45) is 0 Å². The van der Waals surface area contributed by atoms with Crippen LogP contribution < -0.4 is 5.32 Å². The minimum absolute atomic E-state index is 0.499. The quantitative estimate of drug-likeness (QED) is 0.691. The van der Waals surface area contributed by atoms with E-state index in [4.69, 9.17) is 0 Å². The van der Waals surface area contributed by atoms with Gasteiger partial charge >= 0.3 is 0 Å². The van der Waals surface area contributed by atoms with Crippen LogP contribution in [0.25, 0.3) is 0 Å². The summed E-state index contributed by atoms with van der Waals surface area (Å²) >= 11 is 1.86. The van der Waals surface area contributed by atoms with E-state index in [2.05, 4.69) is 31.3 Å². The summed E-state index contributed by atoms with van der Waals surface area (Å²) in [4.78, 5) is 2.80. The van der Waals surface area contributed by atoms with Gasteiger partial charge in [-0.15, -0.1) is 11.3 Å². The average molecular weight is 155 g/mol. The second-order valence-corrected chi connectivity index (χ2v) is 3.78. The van der Waals surface area contributed by atoms with E-state index >= 15 is 0 Å². The number of thiophene rings is 1. The predicted octanol–water partition coefficient (Wildman–Crippen LogP) is 2.34. The molecular weight excluding hydrogens is 142 g/mol. The highest BCUT2D eigenvalue weighted by molar-refractivity contribution is 7.12. The lowest BCUT2D eigenvalue weighted by atomic mass is 10.3. The number of hydrogen-bond donors (Lipinski definition) is 1. The smallest absolute Gasteiger partial charge is 0.0383 e. The third-order valence-corrected chi connectivity index (χ3v) is 2.80. The molecule has 0 aromatic carbocycles.